The predicted octanol–water partition coefficient (Wildman–Crippen LogP) is 3.52. The molecule has 0 spiro atoms. The van der Waals surface area contributed by atoms with E-state index in [0.29, 0.717) is 6.42 Å². The molecule has 2 aromatic rings. The molecule has 0 saturated carbocycles. The zero-order chi connectivity index (χ0) is 14.7. The Balaban J connectivity index is 2.23. The molecule has 2 nitrogen and oxygen atoms in total. The smallest absolute Gasteiger partial charge is 0.165 e. The summed E-state index contributed by atoms with van der Waals surface area (Å²) in [6, 6.07) is 8.81. The van der Waals surface area contributed by atoms with E-state index in [-0.39, 0.29) is 17.6 Å². The van der Waals surface area contributed by atoms with Crippen LogP contribution in [0.1, 0.15) is 22.7 Å². The molecular formula is C16H17F2NO. The van der Waals surface area contributed by atoms with E-state index in [4.69, 9.17) is 10.5 Å². The molecule has 2 N–H and O–H groups in total. The average molecular weight is 277 g/mol. The third kappa shape index (κ3) is 3.14. The highest BCUT2D eigenvalue weighted by atomic mass is 19.1. The Bertz CT molecular complexity index is 613. The second-order valence-electron chi connectivity index (χ2n) is 4.78. The normalized spacial score (nSPS) is 12.2. The van der Waals surface area contributed by atoms with Gasteiger partial charge in [0.15, 0.2) is 11.6 Å². The summed E-state index contributed by atoms with van der Waals surface area (Å²) in [5.41, 5.74) is 8.71. The van der Waals surface area contributed by atoms with E-state index < -0.39 is 5.82 Å². The second-order valence-corrected chi connectivity index (χ2v) is 4.78. The summed E-state index contributed by atoms with van der Waals surface area (Å²) in [6.07, 6.45) is 0.485. The summed E-state index contributed by atoms with van der Waals surface area (Å²) in [6.45, 7) is 1.91. The monoisotopic (exact) mass is 277 g/mol. The Kier molecular flexibility index (Phi) is 4.35. The van der Waals surface area contributed by atoms with Crippen molar-refractivity contribution in [3.05, 3.63) is 64.7 Å². The van der Waals surface area contributed by atoms with Crippen molar-refractivity contribution in [3.63, 3.8) is 0 Å². The molecule has 1 atom stereocenters. The topological polar surface area (TPSA) is 35.2 Å². The highest BCUT2D eigenvalue weighted by Gasteiger charge is 2.12. The number of hydrogen-bond acceptors (Lipinski definition) is 2. The van der Waals surface area contributed by atoms with E-state index in [2.05, 4.69) is 0 Å². The first-order valence-corrected chi connectivity index (χ1v) is 6.35. The van der Waals surface area contributed by atoms with Crippen molar-refractivity contribution in [1.29, 1.82) is 0 Å². The van der Waals surface area contributed by atoms with Gasteiger partial charge in [-0.15, -0.1) is 0 Å². The summed E-state index contributed by atoms with van der Waals surface area (Å²) < 4.78 is 31.6. The van der Waals surface area contributed by atoms with E-state index in [9.17, 15) is 8.78 Å². The molecule has 1 unspecified atom stereocenters. The molecule has 0 aromatic heterocycles. The molecule has 0 heterocycles. The van der Waals surface area contributed by atoms with E-state index in [1.165, 1.54) is 25.3 Å². The number of aryl methyl sites for hydroxylation is 1. The molecule has 0 aliphatic heterocycles. The van der Waals surface area contributed by atoms with Gasteiger partial charge in [0.05, 0.1) is 7.11 Å². The molecule has 0 radical (unpaired) electrons. The second kappa shape index (κ2) is 6.01. The van der Waals surface area contributed by atoms with Gasteiger partial charge in [0.25, 0.3) is 0 Å². The first kappa shape index (κ1) is 14.5. The van der Waals surface area contributed by atoms with E-state index in [1.54, 1.807) is 18.2 Å². The molecule has 0 saturated heterocycles. The fourth-order valence-corrected chi connectivity index (χ4v) is 2.12. The van der Waals surface area contributed by atoms with Crippen LogP contribution in [-0.4, -0.2) is 7.11 Å². The van der Waals surface area contributed by atoms with Crippen LogP contribution in [0, 0.1) is 18.6 Å². The lowest BCUT2D eigenvalue weighted by Gasteiger charge is -2.15. The molecule has 2 rings (SSSR count). The van der Waals surface area contributed by atoms with Crippen molar-refractivity contribution in [2.45, 2.75) is 19.4 Å². The van der Waals surface area contributed by atoms with Gasteiger partial charge in [0, 0.05) is 6.04 Å². The maximum Gasteiger partial charge on any atom is 0.165 e. The van der Waals surface area contributed by atoms with Crippen molar-refractivity contribution in [2.24, 2.45) is 5.73 Å². The summed E-state index contributed by atoms with van der Waals surface area (Å²) in [5.74, 6) is -0.547. The van der Waals surface area contributed by atoms with Gasteiger partial charge in [-0.05, 0) is 54.3 Å². The highest BCUT2D eigenvalue weighted by molar-refractivity contribution is 5.34. The molecule has 0 amide bonds. The van der Waals surface area contributed by atoms with Crippen LogP contribution < -0.4 is 10.5 Å². The van der Waals surface area contributed by atoms with E-state index in [0.717, 1.165) is 16.7 Å². The van der Waals surface area contributed by atoms with Gasteiger partial charge in [-0.1, -0.05) is 12.1 Å². The maximum absolute atomic E-state index is 13.4. The number of benzene rings is 2. The third-order valence-electron chi connectivity index (χ3n) is 3.35. The minimum absolute atomic E-state index is 0.161. The van der Waals surface area contributed by atoms with Crippen molar-refractivity contribution in [3.8, 4) is 5.75 Å². The van der Waals surface area contributed by atoms with Gasteiger partial charge in [-0.3, -0.25) is 0 Å². The van der Waals surface area contributed by atoms with Crippen LogP contribution in [0.5, 0.6) is 5.75 Å². The lowest BCUT2D eigenvalue weighted by atomic mass is 9.96. The Morgan fingerprint density at radius 2 is 1.90 bits per heavy atom. The van der Waals surface area contributed by atoms with Crippen molar-refractivity contribution < 1.29 is 13.5 Å². The standard InChI is InChI=1S/C16H17F2NO/c1-10-3-5-13(17)7-12(10)8-15(19)11-4-6-14(18)16(9-11)20-2/h3-7,9,15H,8,19H2,1-2H3. The Hall–Kier alpha value is -1.94. The van der Waals surface area contributed by atoms with Gasteiger partial charge in [-0.2, -0.15) is 0 Å². The quantitative estimate of drug-likeness (QED) is 0.928. The van der Waals surface area contributed by atoms with Gasteiger partial charge in [0.2, 0.25) is 0 Å². The zero-order valence-corrected chi connectivity index (χ0v) is 11.5. The lowest BCUT2D eigenvalue weighted by Crippen LogP contribution is -2.14. The van der Waals surface area contributed by atoms with Crippen LogP contribution in [0.4, 0.5) is 8.78 Å². The van der Waals surface area contributed by atoms with Crippen LogP contribution in [0.3, 0.4) is 0 Å². The maximum atomic E-state index is 13.4. The molecule has 20 heavy (non-hydrogen) atoms. The number of methoxy groups -OCH3 is 1. The Labute approximate surface area is 117 Å². The van der Waals surface area contributed by atoms with E-state index >= 15 is 0 Å². The Morgan fingerprint density at radius 3 is 2.60 bits per heavy atom. The Morgan fingerprint density at radius 1 is 1.15 bits per heavy atom. The molecule has 4 heteroatoms. The largest absolute Gasteiger partial charge is 0.494 e. The number of halogens is 2. The number of ether oxygens (including phenoxy) is 1. The van der Waals surface area contributed by atoms with Crippen LogP contribution in [0.25, 0.3) is 0 Å². The molecule has 106 valence electrons. The van der Waals surface area contributed by atoms with Crippen molar-refractivity contribution in [2.75, 3.05) is 7.11 Å². The van der Waals surface area contributed by atoms with Crippen LogP contribution >= 0.6 is 0 Å². The number of nitrogens with two attached hydrogens (primary N) is 1. The van der Waals surface area contributed by atoms with Crippen LogP contribution in [0.2, 0.25) is 0 Å². The first-order chi connectivity index (χ1) is 9.51. The highest BCUT2D eigenvalue weighted by Crippen LogP contribution is 2.24. The van der Waals surface area contributed by atoms with Gasteiger partial charge >= 0.3 is 0 Å². The summed E-state index contributed by atoms with van der Waals surface area (Å²) in [4.78, 5) is 0. The van der Waals surface area contributed by atoms with E-state index in [1.807, 2.05) is 6.92 Å². The van der Waals surface area contributed by atoms with Gasteiger partial charge in [0.1, 0.15) is 5.82 Å². The molecule has 0 bridgehead atoms. The fraction of sp³-hybridized carbons (Fsp3) is 0.250. The summed E-state index contributed by atoms with van der Waals surface area (Å²) in [7, 11) is 1.41. The van der Waals surface area contributed by atoms with Crippen LogP contribution in [0.15, 0.2) is 36.4 Å². The molecule has 0 aliphatic carbocycles. The minimum atomic E-state index is -0.426. The third-order valence-corrected chi connectivity index (χ3v) is 3.35. The first-order valence-electron chi connectivity index (χ1n) is 6.35. The SMILES string of the molecule is COc1cc(C(N)Cc2cc(F)ccc2C)ccc1F. The van der Waals surface area contributed by atoms with Gasteiger partial charge in [-0.25, -0.2) is 8.78 Å². The van der Waals surface area contributed by atoms with Crippen molar-refractivity contribution in [1.82, 2.24) is 0 Å². The fourth-order valence-electron chi connectivity index (χ4n) is 2.12. The number of rotatable bonds is 4. The molecular weight excluding hydrogens is 260 g/mol. The van der Waals surface area contributed by atoms with Crippen molar-refractivity contribution >= 4 is 0 Å². The summed E-state index contributed by atoms with van der Waals surface area (Å²) in [5, 5.41) is 0. The molecule has 0 fully saturated rings. The summed E-state index contributed by atoms with van der Waals surface area (Å²) >= 11 is 0. The van der Waals surface area contributed by atoms with Crippen LogP contribution in [-0.2, 0) is 6.42 Å². The predicted molar refractivity (Wildman–Crippen MR) is 74.7 cm³/mol. The number of hydrogen-bond donors (Lipinski definition) is 1. The molecule has 0 aliphatic rings. The average Bonchev–Trinajstić information content (AvgIpc) is 2.43. The zero-order valence-electron chi connectivity index (χ0n) is 11.5. The lowest BCUT2D eigenvalue weighted by molar-refractivity contribution is 0.385. The molecule has 2 aromatic carbocycles. The van der Waals surface area contributed by atoms with Gasteiger partial charge < -0.3 is 10.5 Å². The minimum Gasteiger partial charge on any atom is -0.494 e.